The van der Waals surface area contributed by atoms with Gasteiger partial charge in [0, 0.05) is 25.8 Å². The zero-order chi connectivity index (χ0) is 14.1. The summed E-state index contributed by atoms with van der Waals surface area (Å²) in [6, 6.07) is 9.50. The summed E-state index contributed by atoms with van der Waals surface area (Å²) in [7, 11) is 1.99. The fourth-order valence-electron chi connectivity index (χ4n) is 1.55. The number of carboxylic acids is 1. The van der Waals surface area contributed by atoms with E-state index in [0.29, 0.717) is 6.54 Å². The Kier molecular flexibility index (Phi) is 6.21. The molecule has 0 spiro atoms. The number of nitrogens with one attached hydrogen (secondary N) is 2. The third-order valence-electron chi connectivity index (χ3n) is 2.55. The first-order valence-corrected chi connectivity index (χ1v) is 6.09. The second-order valence-electron chi connectivity index (χ2n) is 4.11. The molecule has 0 aliphatic carbocycles. The molecule has 1 aromatic carbocycles. The molecule has 0 aromatic heterocycles. The Hall–Kier alpha value is -2.24. The largest absolute Gasteiger partial charge is 0.480 e. The van der Waals surface area contributed by atoms with E-state index in [1.807, 2.05) is 37.4 Å². The van der Waals surface area contributed by atoms with Crippen LogP contribution in [0, 0.1) is 0 Å². The van der Waals surface area contributed by atoms with Crippen LogP contribution in [0.3, 0.4) is 0 Å². The van der Waals surface area contributed by atoms with Gasteiger partial charge in [0.05, 0.1) is 0 Å². The van der Waals surface area contributed by atoms with Crippen LogP contribution in [0.15, 0.2) is 30.3 Å². The number of anilines is 1. The van der Waals surface area contributed by atoms with E-state index in [2.05, 4.69) is 15.5 Å². The van der Waals surface area contributed by atoms with Gasteiger partial charge in [0.15, 0.2) is 0 Å². The van der Waals surface area contributed by atoms with Crippen molar-refractivity contribution < 1.29 is 14.7 Å². The maximum absolute atomic E-state index is 11.2. The molecule has 3 N–H and O–H groups in total. The summed E-state index contributed by atoms with van der Waals surface area (Å²) in [5.74, 6) is -1.06. The van der Waals surface area contributed by atoms with Crippen LogP contribution >= 0.6 is 0 Å². The molecule has 0 aliphatic heterocycles. The van der Waals surface area contributed by atoms with Gasteiger partial charge in [0.25, 0.3) is 0 Å². The summed E-state index contributed by atoms with van der Waals surface area (Å²) >= 11 is 0. The van der Waals surface area contributed by atoms with Gasteiger partial charge in [-0.05, 0) is 18.6 Å². The normalized spacial score (nSPS) is 9.74. The van der Waals surface area contributed by atoms with Gasteiger partial charge in [-0.1, -0.05) is 18.2 Å². The zero-order valence-electron chi connectivity index (χ0n) is 10.9. The number of carboxylic acid groups (broad SMARTS) is 1. The number of urea groups is 1. The zero-order valence-corrected chi connectivity index (χ0v) is 10.9. The van der Waals surface area contributed by atoms with Crippen LogP contribution in [0.2, 0.25) is 0 Å². The standard InChI is InChI=1S/C13H19N3O3/c1-16(11-6-3-2-4-7-11)9-5-8-14-13(19)15-10-12(17)18/h2-4,6-7H,5,8-10H2,1H3,(H,17,18)(H2,14,15,19). The summed E-state index contributed by atoms with van der Waals surface area (Å²) in [6.07, 6.45) is 0.784. The molecule has 0 fully saturated rings. The lowest BCUT2D eigenvalue weighted by Gasteiger charge is -2.19. The highest BCUT2D eigenvalue weighted by atomic mass is 16.4. The minimum absolute atomic E-state index is 0.365. The fraction of sp³-hybridized carbons (Fsp3) is 0.385. The van der Waals surface area contributed by atoms with E-state index in [-0.39, 0.29) is 6.54 Å². The Morgan fingerprint density at radius 1 is 1.21 bits per heavy atom. The second kappa shape index (κ2) is 7.97. The Bertz CT molecular complexity index is 409. The lowest BCUT2D eigenvalue weighted by Crippen LogP contribution is -2.39. The molecule has 0 aliphatic rings. The van der Waals surface area contributed by atoms with Crippen LogP contribution < -0.4 is 15.5 Å². The van der Waals surface area contributed by atoms with Gasteiger partial charge in [-0.3, -0.25) is 4.79 Å². The number of carbonyl (C=O) groups is 2. The van der Waals surface area contributed by atoms with Gasteiger partial charge in [-0.2, -0.15) is 0 Å². The topological polar surface area (TPSA) is 81.7 Å². The van der Waals surface area contributed by atoms with Crippen molar-refractivity contribution in [1.29, 1.82) is 0 Å². The number of nitrogens with zero attached hydrogens (tertiary/aromatic N) is 1. The maximum atomic E-state index is 11.2. The average Bonchev–Trinajstić information content (AvgIpc) is 2.42. The Morgan fingerprint density at radius 3 is 2.53 bits per heavy atom. The quantitative estimate of drug-likeness (QED) is 0.640. The number of rotatable bonds is 7. The van der Waals surface area contributed by atoms with Crippen LogP contribution in [0.25, 0.3) is 0 Å². The maximum Gasteiger partial charge on any atom is 0.323 e. The van der Waals surface area contributed by atoms with Gasteiger partial charge >= 0.3 is 12.0 Å². The molecule has 0 unspecified atom stereocenters. The Morgan fingerprint density at radius 2 is 1.89 bits per heavy atom. The van der Waals surface area contributed by atoms with E-state index < -0.39 is 12.0 Å². The van der Waals surface area contributed by atoms with E-state index in [9.17, 15) is 9.59 Å². The first kappa shape index (κ1) is 14.8. The predicted molar refractivity (Wildman–Crippen MR) is 73.4 cm³/mol. The number of amides is 2. The van der Waals surface area contributed by atoms with Crippen LogP contribution in [0.5, 0.6) is 0 Å². The molecule has 0 saturated heterocycles. The van der Waals surface area contributed by atoms with Crippen molar-refractivity contribution in [3.05, 3.63) is 30.3 Å². The van der Waals surface area contributed by atoms with E-state index >= 15 is 0 Å². The van der Waals surface area contributed by atoms with Crippen molar-refractivity contribution in [2.75, 3.05) is 31.6 Å². The molecule has 0 atom stereocenters. The fourth-order valence-corrected chi connectivity index (χ4v) is 1.55. The third-order valence-corrected chi connectivity index (χ3v) is 2.55. The molecule has 1 aromatic rings. The summed E-state index contributed by atoms with van der Waals surface area (Å²) in [6.45, 7) is 0.946. The molecule has 0 heterocycles. The number of para-hydroxylation sites is 1. The number of benzene rings is 1. The summed E-state index contributed by atoms with van der Waals surface area (Å²) < 4.78 is 0. The number of carbonyl (C=O) groups excluding carboxylic acids is 1. The average molecular weight is 265 g/mol. The lowest BCUT2D eigenvalue weighted by molar-refractivity contribution is -0.135. The molecule has 1 rings (SSSR count). The highest BCUT2D eigenvalue weighted by molar-refractivity contribution is 5.79. The molecule has 0 saturated carbocycles. The van der Waals surface area contributed by atoms with Crippen molar-refractivity contribution in [3.63, 3.8) is 0 Å². The Balaban J connectivity index is 2.14. The van der Waals surface area contributed by atoms with Crippen LogP contribution in [0.1, 0.15) is 6.42 Å². The van der Waals surface area contributed by atoms with Gasteiger partial charge in [-0.25, -0.2) is 4.79 Å². The van der Waals surface area contributed by atoms with Crippen molar-refractivity contribution in [2.45, 2.75) is 6.42 Å². The van der Waals surface area contributed by atoms with E-state index in [1.54, 1.807) is 0 Å². The monoisotopic (exact) mass is 265 g/mol. The second-order valence-corrected chi connectivity index (χ2v) is 4.11. The van der Waals surface area contributed by atoms with E-state index in [4.69, 9.17) is 5.11 Å². The molecule has 6 heteroatoms. The minimum atomic E-state index is -1.06. The first-order chi connectivity index (χ1) is 9.09. The van der Waals surface area contributed by atoms with Crippen LogP contribution in [0.4, 0.5) is 10.5 Å². The molecule has 0 radical (unpaired) electrons. The molecular formula is C13H19N3O3. The smallest absolute Gasteiger partial charge is 0.323 e. The van der Waals surface area contributed by atoms with Crippen molar-refractivity contribution >= 4 is 17.7 Å². The summed E-state index contributed by atoms with van der Waals surface area (Å²) in [5, 5.41) is 13.2. The highest BCUT2D eigenvalue weighted by Crippen LogP contribution is 2.10. The van der Waals surface area contributed by atoms with Gasteiger partial charge in [-0.15, -0.1) is 0 Å². The SMILES string of the molecule is CN(CCCNC(=O)NCC(=O)O)c1ccccc1. The van der Waals surface area contributed by atoms with Gasteiger partial charge < -0.3 is 20.6 Å². The molecule has 0 bridgehead atoms. The summed E-state index contributed by atoms with van der Waals surface area (Å²) in [4.78, 5) is 23.5. The molecule has 6 nitrogen and oxygen atoms in total. The third kappa shape index (κ3) is 6.30. The lowest BCUT2D eigenvalue weighted by atomic mass is 10.3. The minimum Gasteiger partial charge on any atom is -0.480 e. The van der Waals surface area contributed by atoms with Crippen molar-refractivity contribution in [1.82, 2.24) is 10.6 Å². The van der Waals surface area contributed by atoms with Crippen molar-refractivity contribution in [2.24, 2.45) is 0 Å². The summed E-state index contributed by atoms with van der Waals surface area (Å²) in [5.41, 5.74) is 1.12. The van der Waals surface area contributed by atoms with Crippen molar-refractivity contribution in [3.8, 4) is 0 Å². The number of hydrogen-bond donors (Lipinski definition) is 3. The van der Waals surface area contributed by atoms with Gasteiger partial charge in [0.1, 0.15) is 6.54 Å². The van der Waals surface area contributed by atoms with E-state index in [0.717, 1.165) is 18.7 Å². The number of aliphatic carboxylic acids is 1. The highest BCUT2D eigenvalue weighted by Gasteiger charge is 2.03. The first-order valence-electron chi connectivity index (χ1n) is 6.09. The predicted octanol–water partition coefficient (Wildman–Crippen LogP) is 0.897. The van der Waals surface area contributed by atoms with E-state index in [1.165, 1.54) is 0 Å². The molecule has 19 heavy (non-hydrogen) atoms. The molecular weight excluding hydrogens is 246 g/mol. The number of hydrogen-bond acceptors (Lipinski definition) is 3. The Labute approximate surface area is 112 Å². The van der Waals surface area contributed by atoms with Gasteiger partial charge in [0.2, 0.25) is 0 Å². The van der Waals surface area contributed by atoms with Crippen LogP contribution in [-0.4, -0.2) is 43.8 Å². The molecule has 2 amide bonds. The molecule has 104 valence electrons. The van der Waals surface area contributed by atoms with Crippen LogP contribution in [-0.2, 0) is 4.79 Å².